The summed E-state index contributed by atoms with van der Waals surface area (Å²) in [6.45, 7) is 4.16. The normalized spacial score (nSPS) is 22.8. The molecule has 3 amide bonds. The van der Waals surface area contributed by atoms with Gasteiger partial charge in [-0.05, 0) is 49.9 Å². The lowest BCUT2D eigenvalue weighted by atomic mass is 9.76. The van der Waals surface area contributed by atoms with E-state index in [9.17, 15) is 18.8 Å². The van der Waals surface area contributed by atoms with E-state index in [0.29, 0.717) is 19.5 Å². The first kappa shape index (κ1) is 23.0. The molecule has 2 aliphatic rings. The van der Waals surface area contributed by atoms with E-state index in [1.165, 1.54) is 12.1 Å². The minimum absolute atomic E-state index is 0.0296. The molecule has 2 N–H and O–H groups in total. The van der Waals surface area contributed by atoms with Gasteiger partial charge >= 0.3 is 0 Å². The Kier molecular flexibility index (Phi) is 6.23. The van der Waals surface area contributed by atoms with Crippen LogP contribution < -0.4 is 10.6 Å². The molecule has 2 heterocycles. The lowest BCUT2D eigenvalue weighted by molar-refractivity contribution is -0.140. The van der Waals surface area contributed by atoms with E-state index in [1.807, 2.05) is 30.3 Å². The van der Waals surface area contributed by atoms with Crippen LogP contribution in [0.25, 0.3) is 0 Å². The summed E-state index contributed by atoms with van der Waals surface area (Å²) in [5.41, 5.74) is 0.0654. The summed E-state index contributed by atoms with van der Waals surface area (Å²) in [5, 5.41) is 6.03. The van der Waals surface area contributed by atoms with E-state index in [-0.39, 0.29) is 35.9 Å². The molecule has 0 aliphatic carbocycles. The topological polar surface area (TPSA) is 78.5 Å². The molecule has 0 saturated carbocycles. The van der Waals surface area contributed by atoms with E-state index in [2.05, 4.69) is 10.6 Å². The highest BCUT2D eigenvalue weighted by atomic mass is 19.1. The number of nitrogens with one attached hydrogen (secondary N) is 2. The Hall–Kier alpha value is -3.22. The molecule has 4 rings (SSSR count). The summed E-state index contributed by atoms with van der Waals surface area (Å²) in [6, 6.07) is 15.6. The average Bonchev–Trinajstić information content (AvgIpc) is 3.11. The van der Waals surface area contributed by atoms with Crippen LogP contribution in [0, 0.1) is 5.82 Å². The predicted molar refractivity (Wildman–Crippen MR) is 123 cm³/mol. The minimum atomic E-state index is -1.11. The summed E-state index contributed by atoms with van der Waals surface area (Å²) >= 11 is 0. The first-order chi connectivity index (χ1) is 15.7. The van der Waals surface area contributed by atoms with Gasteiger partial charge in [0.1, 0.15) is 11.4 Å². The molecule has 2 aromatic carbocycles. The second-order valence-electron chi connectivity index (χ2n) is 9.68. The summed E-state index contributed by atoms with van der Waals surface area (Å²) in [5.74, 6) is -0.934. The zero-order valence-corrected chi connectivity index (χ0v) is 19.1. The molecule has 6 nitrogen and oxygen atoms in total. The number of halogens is 1. The fourth-order valence-electron chi connectivity index (χ4n) is 5.15. The number of nitrogens with zero attached hydrogens (tertiary/aromatic N) is 1. The Bertz CT molecular complexity index is 1040. The van der Waals surface area contributed by atoms with Crippen molar-refractivity contribution in [3.63, 3.8) is 0 Å². The van der Waals surface area contributed by atoms with Crippen LogP contribution in [0.2, 0.25) is 0 Å². The van der Waals surface area contributed by atoms with Gasteiger partial charge in [0.15, 0.2) is 0 Å². The number of amides is 3. The van der Waals surface area contributed by atoms with Crippen molar-refractivity contribution in [2.24, 2.45) is 0 Å². The van der Waals surface area contributed by atoms with Gasteiger partial charge in [0.05, 0.1) is 12.0 Å². The van der Waals surface area contributed by atoms with Gasteiger partial charge < -0.3 is 15.5 Å². The van der Waals surface area contributed by atoms with Crippen LogP contribution in [-0.4, -0.2) is 46.8 Å². The summed E-state index contributed by atoms with van der Waals surface area (Å²) in [7, 11) is 0. The summed E-state index contributed by atoms with van der Waals surface area (Å²) < 4.78 is 13.5. The molecule has 33 heavy (non-hydrogen) atoms. The quantitative estimate of drug-likeness (QED) is 0.734. The van der Waals surface area contributed by atoms with Crippen LogP contribution in [-0.2, 0) is 20.8 Å². The molecule has 174 valence electrons. The molecule has 2 atom stereocenters. The largest absolute Gasteiger partial charge is 0.348 e. The van der Waals surface area contributed by atoms with Crippen LogP contribution in [0.15, 0.2) is 54.6 Å². The molecule has 0 aromatic heterocycles. The van der Waals surface area contributed by atoms with Crippen molar-refractivity contribution in [3.05, 3.63) is 71.5 Å². The SMILES string of the molecule is CC(C)(NC(=O)Cc1ccccc1)C(=O)N1C[C@@H](c2ccc(F)cc2)[C@@]2(CCCC(=O)N2)C1. The molecule has 7 heteroatoms. The predicted octanol–water partition coefficient (Wildman–Crippen LogP) is 2.93. The number of benzene rings is 2. The van der Waals surface area contributed by atoms with Crippen molar-refractivity contribution in [2.45, 2.75) is 56.5 Å². The molecular formula is C26H30FN3O3. The van der Waals surface area contributed by atoms with Gasteiger partial charge in [-0.3, -0.25) is 14.4 Å². The molecule has 0 unspecified atom stereocenters. The third-order valence-corrected chi connectivity index (χ3v) is 6.71. The van der Waals surface area contributed by atoms with Gasteiger partial charge in [0, 0.05) is 25.4 Å². The zero-order chi connectivity index (χ0) is 23.6. The smallest absolute Gasteiger partial charge is 0.247 e. The minimum Gasteiger partial charge on any atom is -0.348 e. The lowest BCUT2D eigenvalue weighted by Crippen LogP contribution is -2.59. The van der Waals surface area contributed by atoms with Gasteiger partial charge in [-0.25, -0.2) is 4.39 Å². The van der Waals surface area contributed by atoms with Gasteiger partial charge in [-0.15, -0.1) is 0 Å². The maximum atomic E-state index is 13.5. The number of carbonyl (C=O) groups excluding carboxylic acids is 3. The molecule has 0 radical (unpaired) electrons. The van der Waals surface area contributed by atoms with E-state index >= 15 is 0 Å². The van der Waals surface area contributed by atoms with Crippen molar-refractivity contribution in [1.29, 1.82) is 0 Å². The van der Waals surface area contributed by atoms with Gasteiger partial charge in [0.25, 0.3) is 0 Å². The fourth-order valence-corrected chi connectivity index (χ4v) is 5.15. The van der Waals surface area contributed by atoms with Gasteiger partial charge in [-0.1, -0.05) is 42.5 Å². The first-order valence-electron chi connectivity index (χ1n) is 11.4. The van der Waals surface area contributed by atoms with E-state index in [0.717, 1.165) is 24.0 Å². The van der Waals surface area contributed by atoms with Gasteiger partial charge in [-0.2, -0.15) is 0 Å². The Morgan fingerprint density at radius 3 is 2.52 bits per heavy atom. The highest BCUT2D eigenvalue weighted by Crippen LogP contribution is 2.42. The molecule has 2 saturated heterocycles. The highest BCUT2D eigenvalue weighted by molar-refractivity contribution is 5.92. The van der Waals surface area contributed by atoms with Crippen molar-refractivity contribution < 1.29 is 18.8 Å². The van der Waals surface area contributed by atoms with Crippen molar-refractivity contribution >= 4 is 17.7 Å². The van der Waals surface area contributed by atoms with Crippen LogP contribution in [0.1, 0.15) is 50.2 Å². The van der Waals surface area contributed by atoms with Gasteiger partial charge in [0.2, 0.25) is 17.7 Å². The number of hydrogen-bond acceptors (Lipinski definition) is 3. The van der Waals surface area contributed by atoms with Crippen LogP contribution in [0.4, 0.5) is 4.39 Å². The van der Waals surface area contributed by atoms with Crippen molar-refractivity contribution in [2.75, 3.05) is 13.1 Å². The number of piperidine rings is 1. The Morgan fingerprint density at radius 1 is 1.15 bits per heavy atom. The first-order valence-corrected chi connectivity index (χ1v) is 11.4. The number of likely N-dealkylation sites (tertiary alicyclic amines) is 1. The summed E-state index contributed by atoms with van der Waals surface area (Å²) in [6.07, 6.45) is 2.14. The second kappa shape index (κ2) is 8.96. The number of hydrogen-bond donors (Lipinski definition) is 2. The molecule has 1 spiro atoms. The van der Waals surface area contributed by atoms with E-state index in [1.54, 1.807) is 30.9 Å². The second-order valence-corrected chi connectivity index (χ2v) is 9.68. The summed E-state index contributed by atoms with van der Waals surface area (Å²) in [4.78, 5) is 40.2. The maximum Gasteiger partial charge on any atom is 0.247 e. The third-order valence-electron chi connectivity index (χ3n) is 6.71. The van der Waals surface area contributed by atoms with Crippen LogP contribution in [0.3, 0.4) is 0 Å². The Labute approximate surface area is 193 Å². The third kappa shape index (κ3) is 4.92. The highest BCUT2D eigenvalue weighted by Gasteiger charge is 2.52. The van der Waals surface area contributed by atoms with Crippen LogP contribution >= 0.6 is 0 Å². The van der Waals surface area contributed by atoms with E-state index < -0.39 is 11.1 Å². The Morgan fingerprint density at radius 2 is 1.85 bits per heavy atom. The van der Waals surface area contributed by atoms with Crippen molar-refractivity contribution in [1.82, 2.24) is 15.5 Å². The monoisotopic (exact) mass is 451 g/mol. The number of rotatable bonds is 5. The van der Waals surface area contributed by atoms with E-state index in [4.69, 9.17) is 0 Å². The maximum absolute atomic E-state index is 13.5. The molecular weight excluding hydrogens is 421 g/mol. The Balaban J connectivity index is 1.52. The standard InChI is InChI=1S/C26H30FN3O3/c1-25(2,28-23(32)15-18-7-4-3-5-8-18)24(33)30-16-21(19-10-12-20(27)13-11-19)26(17-30)14-6-9-22(31)29-26/h3-5,7-8,10-13,21H,6,9,14-17H2,1-2H3,(H,28,32)(H,29,31)/t21-,26+/m0/s1. The number of carbonyl (C=O) groups is 3. The lowest BCUT2D eigenvalue weighted by Gasteiger charge is -2.39. The fraction of sp³-hybridized carbons (Fsp3) is 0.423. The zero-order valence-electron chi connectivity index (χ0n) is 19.1. The molecule has 0 bridgehead atoms. The molecule has 2 aliphatic heterocycles. The average molecular weight is 452 g/mol. The molecule has 2 aromatic rings. The molecule has 2 fully saturated rings. The van der Waals surface area contributed by atoms with Crippen LogP contribution in [0.5, 0.6) is 0 Å². The van der Waals surface area contributed by atoms with Crippen molar-refractivity contribution in [3.8, 4) is 0 Å².